The van der Waals surface area contributed by atoms with Crippen molar-refractivity contribution in [3.8, 4) is 0 Å². The predicted octanol–water partition coefficient (Wildman–Crippen LogP) is 2.27. The highest BCUT2D eigenvalue weighted by Crippen LogP contribution is 2.06. The average molecular weight is 313 g/mol. The van der Waals surface area contributed by atoms with Crippen molar-refractivity contribution in [2.24, 2.45) is 0 Å². The van der Waals surface area contributed by atoms with E-state index in [1.807, 2.05) is 18.2 Å². The number of nitrogens with zero attached hydrogens (tertiary/aromatic N) is 3. The van der Waals surface area contributed by atoms with E-state index in [4.69, 9.17) is 5.11 Å². The van der Waals surface area contributed by atoms with E-state index in [2.05, 4.69) is 22.1 Å². The van der Waals surface area contributed by atoms with Crippen molar-refractivity contribution in [2.45, 2.75) is 19.3 Å². The van der Waals surface area contributed by atoms with Crippen LogP contribution in [-0.4, -0.2) is 45.4 Å². The fourth-order valence-electron chi connectivity index (χ4n) is 2.17. The summed E-state index contributed by atoms with van der Waals surface area (Å²) in [4.78, 5) is 32.0. The van der Waals surface area contributed by atoms with Crippen LogP contribution < -0.4 is 0 Å². The molecule has 6 heteroatoms. The second kappa shape index (κ2) is 8.03. The summed E-state index contributed by atoms with van der Waals surface area (Å²) in [6, 6.07) is 10.2. The molecule has 0 saturated carbocycles. The molecule has 0 saturated heterocycles. The zero-order chi connectivity index (χ0) is 16.7. The number of carbonyl (C=O) groups is 2. The summed E-state index contributed by atoms with van der Waals surface area (Å²) in [6.45, 7) is 0.619. The number of benzene rings is 1. The van der Waals surface area contributed by atoms with Crippen LogP contribution in [0.25, 0.3) is 0 Å². The maximum atomic E-state index is 12.2. The van der Waals surface area contributed by atoms with Crippen LogP contribution in [-0.2, 0) is 6.42 Å². The number of carboxylic acid groups (broad SMARTS) is 1. The molecule has 1 amide bonds. The van der Waals surface area contributed by atoms with E-state index in [1.54, 1.807) is 11.9 Å². The number of hydrogen-bond acceptors (Lipinski definition) is 4. The molecule has 1 aromatic heterocycles. The van der Waals surface area contributed by atoms with Gasteiger partial charge in [0.05, 0.1) is 12.4 Å². The third kappa shape index (κ3) is 4.88. The van der Waals surface area contributed by atoms with Gasteiger partial charge in [-0.2, -0.15) is 0 Å². The number of aromatic carboxylic acids is 1. The molecule has 0 fully saturated rings. The van der Waals surface area contributed by atoms with Gasteiger partial charge in [-0.1, -0.05) is 30.3 Å². The third-order valence-corrected chi connectivity index (χ3v) is 3.49. The van der Waals surface area contributed by atoms with Gasteiger partial charge in [0.15, 0.2) is 5.69 Å². The van der Waals surface area contributed by atoms with Gasteiger partial charge in [0.2, 0.25) is 0 Å². The molecule has 1 aromatic carbocycles. The molecule has 120 valence electrons. The molecule has 1 N–H and O–H groups in total. The third-order valence-electron chi connectivity index (χ3n) is 3.49. The van der Waals surface area contributed by atoms with Crippen molar-refractivity contribution < 1.29 is 14.7 Å². The number of aryl methyl sites for hydroxylation is 1. The maximum absolute atomic E-state index is 12.2. The second-order valence-corrected chi connectivity index (χ2v) is 5.26. The molecular weight excluding hydrogens is 294 g/mol. The molecule has 0 unspecified atom stereocenters. The molecule has 0 aliphatic rings. The number of carboxylic acids is 1. The zero-order valence-corrected chi connectivity index (χ0v) is 13.0. The molecule has 0 bridgehead atoms. The van der Waals surface area contributed by atoms with Gasteiger partial charge in [0, 0.05) is 13.6 Å². The van der Waals surface area contributed by atoms with Crippen LogP contribution >= 0.6 is 0 Å². The standard InChI is InChI=1S/C17H19N3O3/c1-20(10-6-5-9-13-7-3-2-4-8-13)16(21)14-11-19-15(12-18-14)17(22)23/h2-4,7-8,11-12H,5-6,9-10H2,1H3,(H,22,23). The van der Waals surface area contributed by atoms with E-state index in [0.29, 0.717) is 6.54 Å². The Labute approximate surface area is 134 Å². The number of rotatable bonds is 7. The van der Waals surface area contributed by atoms with Gasteiger partial charge in [0.1, 0.15) is 5.69 Å². The van der Waals surface area contributed by atoms with Crippen molar-refractivity contribution in [3.05, 3.63) is 59.7 Å². The van der Waals surface area contributed by atoms with Crippen LogP contribution in [0, 0.1) is 0 Å². The smallest absolute Gasteiger partial charge is 0.356 e. The van der Waals surface area contributed by atoms with Gasteiger partial charge in [-0.25, -0.2) is 14.8 Å². The number of unbranched alkanes of at least 4 members (excludes halogenated alkanes) is 1. The lowest BCUT2D eigenvalue weighted by atomic mass is 10.1. The molecule has 0 spiro atoms. The second-order valence-electron chi connectivity index (χ2n) is 5.26. The van der Waals surface area contributed by atoms with E-state index in [9.17, 15) is 9.59 Å². The Bertz CT molecular complexity index is 657. The Balaban J connectivity index is 1.79. The molecule has 0 atom stereocenters. The number of amides is 1. The minimum Gasteiger partial charge on any atom is -0.476 e. The monoisotopic (exact) mass is 313 g/mol. The average Bonchev–Trinajstić information content (AvgIpc) is 2.59. The summed E-state index contributed by atoms with van der Waals surface area (Å²) in [5.41, 5.74) is 1.27. The first-order valence-corrected chi connectivity index (χ1v) is 7.42. The van der Waals surface area contributed by atoms with Crippen LogP contribution in [0.2, 0.25) is 0 Å². The summed E-state index contributed by atoms with van der Waals surface area (Å²) in [5.74, 6) is -1.42. The summed E-state index contributed by atoms with van der Waals surface area (Å²) in [7, 11) is 1.71. The lowest BCUT2D eigenvalue weighted by Crippen LogP contribution is -2.28. The highest BCUT2D eigenvalue weighted by atomic mass is 16.4. The van der Waals surface area contributed by atoms with Crippen molar-refractivity contribution >= 4 is 11.9 Å². The van der Waals surface area contributed by atoms with Crippen molar-refractivity contribution in [3.63, 3.8) is 0 Å². The first kappa shape index (κ1) is 16.6. The van der Waals surface area contributed by atoms with E-state index < -0.39 is 5.97 Å². The maximum Gasteiger partial charge on any atom is 0.356 e. The molecule has 0 radical (unpaired) electrons. The van der Waals surface area contributed by atoms with Crippen LogP contribution in [0.5, 0.6) is 0 Å². The number of carbonyl (C=O) groups excluding carboxylic acids is 1. The first-order chi connectivity index (χ1) is 11.1. The van der Waals surface area contributed by atoms with Crippen LogP contribution in [0.3, 0.4) is 0 Å². The quantitative estimate of drug-likeness (QED) is 0.793. The van der Waals surface area contributed by atoms with Crippen molar-refractivity contribution in [1.82, 2.24) is 14.9 Å². The minimum absolute atomic E-state index is 0.153. The van der Waals surface area contributed by atoms with Gasteiger partial charge >= 0.3 is 5.97 Å². The molecule has 0 aliphatic carbocycles. The molecule has 6 nitrogen and oxygen atoms in total. The van der Waals surface area contributed by atoms with Gasteiger partial charge in [-0.05, 0) is 24.8 Å². The Morgan fingerprint density at radius 2 is 1.70 bits per heavy atom. The fraction of sp³-hybridized carbons (Fsp3) is 0.294. The normalized spacial score (nSPS) is 10.3. The fourth-order valence-corrected chi connectivity index (χ4v) is 2.17. The van der Waals surface area contributed by atoms with Gasteiger partial charge in [-0.15, -0.1) is 0 Å². The Morgan fingerprint density at radius 3 is 2.30 bits per heavy atom. The Kier molecular flexibility index (Phi) is 5.80. The van der Waals surface area contributed by atoms with Crippen LogP contribution in [0.15, 0.2) is 42.7 Å². The van der Waals surface area contributed by atoms with E-state index in [1.165, 1.54) is 11.8 Å². The summed E-state index contributed by atoms with van der Waals surface area (Å²) in [5, 5.41) is 8.76. The molecule has 2 aromatic rings. The van der Waals surface area contributed by atoms with E-state index >= 15 is 0 Å². The summed E-state index contributed by atoms with van der Waals surface area (Å²) < 4.78 is 0. The van der Waals surface area contributed by atoms with E-state index in [0.717, 1.165) is 25.5 Å². The Hall–Kier alpha value is -2.76. The Morgan fingerprint density at radius 1 is 1.04 bits per heavy atom. The topological polar surface area (TPSA) is 83.4 Å². The van der Waals surface area contributed by atoms with Crippen molar-refractivity contribution in [1.29, 1.82) is 0 Å². The molecule has 23 heavy (non-hydrogen) atoms. The van der Waals surface area contributed by atoms with E-state index in [-0.39, 0.29) is 17.3 Å². The van der Waals surface area contributed by atoms with Crippen molar-refractivity contribution in [2.75, 3.05) is 13.6 Å². The highest BCUT2D eigenvalue weighted by molar-refractivity contribution is 5.92. The number of hydrogen-bond donors (Lipinski definition) is 1. The molecule has 0 aliphatic heterocycles. The minimum atomic E-state index is -1.16. The lowest BCUT2D eigenvalue weighted by molar-refractivity contribution is 0.0687. The lowest BCUT2D eigenvalue weighted by Gasteiger charge is -2.16. The van der Waals surface area contributed by atoms with Gasteiger partial charge in [0.25, 0.3) is 5.91 Å². The summed E-state index contributed by atoms with van der Waals surface area (Å²) >= 11 is 0. The van der Waals surface area contributed by atoms with Gasteiger partial charge < -0.3 is 10.0 Å². The zero-order valence-electron chi connectivity index (χ0n) is 13.0. The molecule has 2 rings (SSSR count). The van der Waals surface area contributed by atoms with Crippen LogP contribution in [0.4, 0.5) is 0 Å². The summed E-state index contributed by atoms with van der Waals surface area (Å²) in [6.07, 6.45) is 5.16. The van der Waals surface area contributed by atoms with Crippen LogP contribution in [0.1, 0.15) is 39.4 Å². The van der Waals surface area contributed by atoms with Gasteiger partial charge in [-0.3, -0.25) is 4.79 Å². The molecular formula is C17H19N3O3. The first-order valence-electron chi connectivity index (χ1n) is 7.42. The SMILES string of the molecule is CN(CCCCc1ccccc1)C(=O)c1cnc(C(=O)O)cn1. The predicted molar refractivity (Wildman–Crippen MR) is 85.3 cm³/mol. The molecule has 1 heterocycles. The number of aromatic nitrogens is 2. The largest absolute Gasteiger partial charge is 0.476 e. The highest BCUT2D eigenvalue weighted by Gasteiger charge is 2.14.